The zero-order valence-electron chi connectivity index (χ0n) is 13.9. The molecule has 6 nitrogen and oxygen atoms in total. The highest BCUT2D eigenvalue weighted by Gasteiger charge is 2.28. The van der Waals surface area contributed by atoms with E-state index in [9.17, 15) is 9.59 Å². The minimum atomic E-state index is -0.130. The van der Waals surface area contributed by atoms with Crippen LogP contribution in [0, 0.1) is 0 Å². The number of morpholine rings is 1. The molecule has 1 aliphatic rings. The molecule has 0 saturated carbocycles. The summed E-state index contributed by atoms with van der Waals surface area (Å²) in [6, 6.07) is 7.16. The molecule has 0 aromatic heterocycles. The number of nitrogens with one attached hydrogen (secondary N) is 1. The van der Waals surface area contributed by atoms with Crippen LogP contribution in [0.4, 0.5) is 4.79 Å². The third kappa shape index (κ3) is 5.04. The number of hydrogen-bond acceptors (Lipinski definition) is 4. The second kappa shape index (κ2) is 8.08. The molecule has 0 aliphatic carbocycles. The average molecular weight is 320 g/mol. The van der Waals surface area contributed by atoms with Crippen molar-refractivity contribution in [2.45, 2.75) is 32.6 Å². The van der Waals surface area contributed by atoms with Crippen LogP contribution in [-0.4, -0.2) is 55.7 Å². The molecule has 1 heterocycles. The summed E-state index contributed by atoms with van der Waals surface area (Å²) in [5, 5.41) is 2.90. The predicted octanol–water partition coefficient (Wildman–Crippen LogP) is 1.83. The highest BCUT2D eigenvalue weighted by atomic mass is 16.5. The Morgan fingerprint density at radius 2 is 2.17 bits per heavy atom. The molecule has 23 heavy (non-hydrogen) atoms. The number of urea groups is 1. The minimum Gasteiger partial charge on any atom is -0.382 e. The van der Waals surface area contributed by atoms with Crippen LogP contribution in [0.2, 0.25) is 0 Å². The Labute approximate surface area is 136 Å². The summed E-state index contributed by atoms with van der Waals surface area (Å²) >= 11 is 0. The van der Waals surface area contributed by atoms with Crippen molar-refractivity contribution >= 4 is 11.8 Å². The molecule has 0 spiro atoms. The van der Waals surface area contributed by atoms with E-state index in [-0.39, 0.29) is 24.0 Å². The molecule has 6 heteroatoms. The number of nitrogens with zero attached hydrogens (tertiary/aromatic N) is 1. The van der Waals surface area contributed by atoms with Crippen molar-refractivity contribution in [2.24, 2.45) is 0 Å². The van der Waals surface area contributed by atoms with Crippen molar-refractivity contribution in [1.29, 1.82) is 0 Å². The first kappa shape index (κ1) is 17.4. The van der Waals surface area contributed by atoms with Crippen LogP contribution in [-0.2, 0) is 16.0 Å². The van der Waals surface area contributed by atoms with Crippen molar-refractivity contribution in [3.05, 3.63) is 35.4 Å². The first-order valence-corrected chi connectivity index (χ1v) is 7.76. The van der Waals surface area contributed by atoms with Crippen LogP contribution < -0.4 is 5.32 Å². The maximum absolute atomic E-state index is 12.3. The van der Waals surface area contributed by atoms with Gasteiger partial charge in [-0.05, 0) is 25.5 Å². The van der Waals surface area contributed by atoms with Gasteiger partial charge in [0, 0.05) is 25.8 Å². The summed E-state index contributed by atoms with van der Waals surface area (Å²) in [4.78, 5) is 25.5. The summed E-state index contributed by atoms with van der Waals surface area (Å²) in [7, 11) is 1.62. The van der Waals surface area contributed by atoms with Crippen LogP contribution in [0.5, 0.6) is 0 Å². The number of amides is 2. The lowest BCUT2D eigenvalue weighted by molar-refractivity contribution is -0.0897. The Balaban J connectivity index is 1.91. The lowest BCUT2D eigenvalue weighted by Gasteiger charge is -2.36. The SMILES string of the molecule is COCC1CN(C(=O)NCc2cccc(C(C)=O)c2)CC(C)O1. The summed E-state index contributed by atoms with van der Waals surface area (Å²) in [6.07, 6.45) is -0.119. The molecule has 1 N–H and O–H groups in total. The van der Waals surface area contributed by atoms with Gasteiger partial charge in [0.05, 0.1) is 25.4 Å². The van der Waals surface area contributed by atoms with Gasteiger partial charge in [0.25, 0.3) is 0 Å². The van der Waals surface area contributed by atoms with Crippen LogP contribution in [0.25, 0.3) is 0 Å². The maximum atomic E-state index is 12.3. The van der Waals surface area contributed by atoms with E-state index in [2.05, 4.69) is 5.32 Å². The predicted molar refractivity (Wildman–Crippen MR) is 86.5 cm³/mol. The van der Waals surface area contributed by atoms with Gasteiger partial charge in [-0.15, -0.1) is 0 Å². The summed E-state index contributed by atoms with van der Waals surface area (Å²) in [5.74, 6) is 0.0163. The molecule has 126 valence electrons. The summed E-state index contributed by atoms with van der Waals surface area (Å²) < 4.78 is 10.8. The van der Waals surface area contributed by atoms with Crippen LogP contribution in [0.1, 0.15) is 29.8 Å². The third-order valence-corrected chi connectivity index (χ3v) is 3.74. The molecule has 2 atom stereocenters. The van der Waals surface area contributed by atoms with Gasteiger partial charge in [-0.25, -0.2) is 4.79 Å². The number of ketones is 1. The quantitative estimate of drug-likeness (QED) is 0.841. The number of rotatable bonds is 5. The van der Waals surface area contributed by atoms with Crippen LogP contribution in [0.15, 0.2) is 24.3 Å². The van der Waals surface area contributed by atoms with Crippen LogP contribution in [0.3, 0.4) is 0 Å². The summed E-state index contributed by atoms with van der Waals surface area (Å²) in [6.45, 7) is 5.40. The number of benzene rings is 1. The van der Waals surface area contributed by atoms with Crippen molar-refractivity contribution in [3.8, 4) is 0 Å². The van der Waals surface area contributed by atoms with Gasteiger partial charge in [-0.2, -0.15) is 0 Å². The summed E-state index contributed by atoms with van der Waals surface area (Å²) in [5.41, 5.74) is 1.55. The minimum absolute atomic E-state index is 0.0163. The molecule has 1 aromatic carbocycles. The van der Waals surface area contributed by atoms with E-state index in [1.807, 2.05) is 19.1 Å². The molecule has 1 saturated heterocycles. The number of carbonyl (C=O) groups is 2. The monoisotopic (exact) mass is 320 g/mol. The Kier molecular flexibility index (Phi) is 6.12. The lowest BCUT2D eigenvalue weighted by Crippen LogP contribution is -2.53. The van der Waals surface area contributed by atoms with E-state index in [4.69, 9.17) is 9.47 Å². The van der Waals surface area contributed by atoms with E-state index in [0.29, 0.717) is 31.8 Å². The molecule has 0 radical (unpaired) electrons. The second-order valence-corrected chi connectivity index (χ2v) is 5.84. The van der Waals surface area contributed by atoms with Gasteiger partial charge >= 0.3 is 6.03 Å². The average Bonchev–Trinajstić information content (AvgIpc) is 2.52. The molecule has 0 bridgehead atoms. The fourth-order valence-electron chi connectivity index (χ4n) is 2.68. The molecule has 1 fully saturated rings. The Bertz CT molecular complexity index is 561. The van der Waals surface area contributed by atoms with Crippen LogP contribution >= 0.6 is 0 Å². The fourth-order valence-corrected chi connectivity index (χ4v) is 2.68. The number of Topliss-reactive ketones (excluding diaryl/α,β-unsaturated/α-hetero) is 1. The molecule has 2 amide bonds. The topological polar surface area (TPSA) is 67.9 Å². The standard InChI is InChI=1S/C17H24N2O4/c1-12-9-19(10-16(23-12)11-22-3)17(21)18-8-14-5-4-6-15(7-14)13(2)20/h4-7,12,16H,8-11H2,1-3H3,(H,18,21). The number of ether oxygens (including phenoxy) is 2. The lowest BCUT2D eigenvalue weighted by atomic mass is 10.1. The molecule has 1 aliphatic heterocycles. The first-order chi connectivity index (χ1) is 11.0. The smallest absolute Gasteiger partial charge is 0.317 e. The van der Waals surface area contributed by atoms with E-state index in [1.165, 1.54) is 6.92 Å². The van der Waals surface area contributed by atoms with Gasteiger partial charge in [0.2, 0.25) is 0 Å². The highest BCUT2D eigenvalue weighted by molar-refractivity contribution is 5.94. The van der Waals surface area contributed by atoms with Crippen molar-refractivity contribution in [3.63, 3.8) is 0 Å². The fraction of sp³-hybridized carbons (Fsp3) is 0.529. The van der Waals surface area contributed by atoms with Gasteiger partial charge in [-0.1, -0.05) is 18.2 Å². The van der Waals surface area contributed by atoms with E-state index in [1.54, 1.807) is 24.1 Å². The van der Waals surface area contributed by atoms with Gasteiger partial charge < -0.3 is 19.7 Å². The van der Waals surface area contributed by atoms with Gasteiger partial charge in [-0.3, -0.25) is 4.79 Å². The molecule has 2 rings (SSSR count). The normalized spacial score (nSPS) is 21.1. The zero-order chi connectivity index (χ0) is 16.8. The van der Waals surface area contributed by atoms with Crippen molar-refractivity contribution < 1.29 is 19.1 Å². The van der Waals surface area contributed by atoms with E-state index < -0.39 is 0 Å². The van der Waals surface area contributed by atoms with E-state index in [0.717, 1.165) is 5.56 Å². The maximum Gasteiger partial charge on any atom is 0.317 e. The third-order valence-electron chi connectivity index (χ3n) is 3.74. The molecular weight excluding hydrogens is 296 g/mol. The van der Waals surface area contributed by atoms with Crippen molar-refractivity contribution in [1.82, 2.24) is 10.2 Å². The van der Waals surface area contributed by atoms with Crippen molar-refractivity contribution in [2.75, 3.05) is 26.8 Å². The highest BCUT2D eigenvalue weighted by Crippen LogP contribution is 2.12. The Morgan fingerprint density at radius 1 is 1.39 bits per heavy atom. The Morgan fingerprint density at radius 3 is 2.87 bits per heavy atom. The molecule has 2 unspecified atom stereocenters. The zero-order valence-corrected chi connectivity index (χ0v) is 13.9. The molecular formula is C17H24N2O4. The van der Waals surface area contributed by atoms with Gasteiger partial charge in [0.1, 0.15) is 0 Å². The Hall–Kier alpha value is -1.92. The second-order valence-electron chi connectivity index (χ2n) is 5.84. The van der Waals surface area contributed by atoms with Gasteiger partial charge in [0.15, 0.2) is 5.78 Å². The largest absolute Gasteiger partial charge is 0.382 e. The molecule has 1 aromatic rings. The van der Waals surface area contributed by atoms with E-state index >= 15 is 0 Å². The number of carbonyl (C=O) groups excluding carboxylic acids is 2. The number of methoxy groups -OCH3 is 1. The first-order valence-electron chi connectivity index (χ1n) is 7.76. The number of hydrogen-bond donors (Lipinski definition) is 1.